The van der Waals surface area contributed by atoms with Crippen LogP contribution in [0.2, 0.25) is 0 Å². The number of amides is 3. The van der Waals surface area contributed by atoms with Crippen LogP contribution in [0.15, 0.2) is 17.5 Å². The predicted molar refractivity (Wildman–Crippen MR) is 147 cm³/mol. The second-order valence-electron chi connectivity index (χ2n) is 12.7. The van der Waals surface area contributed by atoms with E-state index in [0.29, 0.717) is 39.2 Å². The Hall–Kier alpha value is -2.09. The first-order chi connectivity index (χ1) is 19.0. The Balaban J connectivity index is 1.41. The minimum absolute atomic E-state index is 0.00974. The van der Waals surface area contributed by atoms with Crippen molar-refractivity contribution >= 4 is 29.1 Å². The van der Waals surface area contributed by atoms with Crippen molar-refractivity contribution < 1.29 is 34.1 Å². The van der Waals surface area contributed by atoms with E-state index in [0.717, 1.165) is 4.88 Å². The van der Waals surface area contributed by atoms with Gasteiger partial charge in [0, 0.05) is 56.6 Å². The smallest absolute Gasteiger partial charge is 0.240 e. The highest BCUT2D eigenvalue weighted by Crippen LogP contribution is 2.29. The van der Waals surface area contributed by atoms with Crippen LogP contribution < -0.4 is 5.32 Å². The van der Waals surface area contributed by atoms with Crippen LogP contribution in [0.5, 0.6) is 0 Å². The van der Waals surface area contributed by atoms with Gasteiger partial charge in [0.15, 0.2) is 0 Å². The number of nitrogens with one attached hydrogen (secondary N) is 1. The molecule has 0 aliphatic carbocycles. The molecule has 3 N–H and O–H groups in total. The monoisotopic (exact) mass is 578 g/mol. The first kappa shape index (κ1) is 29.4. The Labute approximate surface area is 239 Å². The average Bonchev–Trinajstić information content (AvgIpc) is 3.60. The minimum atomic E-state index is -1.25. The van der Waals surface area contributed by atoms with Crippen LogP contribution in [0.1, 0.15) is 44.9 Å². The van der Waals surface area contributed by atoms with Crippen LogP contribution in [0.3, 0.4) is 0 Å². The average molecular weight is 579 g/mol. The molecule has 6 bridgehead atoms. The van der Waals surface area contributed by atoms with Crippen molar-refractivity contribution in [2.45, 2.75) is 89.2 Å². The van der Waals surface area contributed by atoms with Crippen LogP contribution in [0.4, 0.5) is 0 Å². The highest BCUT2D eigenvalue weighted by molar-refractivity contribution is 7.09. The number of likely N-dealkylation sites (tertiary alicyclic amines) is 1. The maximum Gasteiger partial charge on any atom is 0.240 e. The van der Waals surface area contributed by atoms with Gasteiger partial charge in [-0.15, -0.1) is 11.3 Å². The summed E-state index contributed by atoms with van der Waals surface area (Å²) in [5.41, 5.74) is -0.262. The molecule has 0 radical (unpaired) electrons. The third kappa shape index (κ3) is 6.85. The van der Waals surface area contributed by atoms with Crippen molar-refractivity contribution in [2.75, 3.05) is 39.3 Å². The van der Waals surface area contributed by atoms with E-state index in [2.05, 4.69) is 10.2 Å². The summed E-state index contributed by atoms with van der Waals surface area (Å²) in [6.07, 6.45) is -3.98. The van der Waals surface area contributed by atoms with E-state index in [1.807, 2.05) is 43.2 Å². The lowest BCUT2D eigenvalue weighted by Gasteiger charge is -2.39. The van der Waals surface area contributed by atoms with Crippen molar-refractivity contribution in [3.05, 3.63) is 22.4 Å². The molecule has 5 rings (SSSR count). The summed E-state index contributed by atoms with van der Waals surface area (Å²) < 4.78 is 12.0. The number of morpholine rings is 1. The Morgan fingerprint density at radius 2 is 1.90 bits per heavy atom. The number of aliphatic hydroxyl groups excluding tert-OH is 2. The van der Waals surface area contributed by atoms with Crippen molar-refractivity contribution in [3.63, 3.8) is 0 Å². The number of aliphatic hydroxyl groups is 2. The minimum Gasteiger partial charge on any atom is -0.388 e. The summed E-state index contributed by atoms with van der Waals surface area (Å²) in [5, 5.41) is 26.6. The summed E-state index contributed by atoms with van der Waals surface area (Å²) in [6.45, 7) is 8.54. The van der Waals surface area contributed by atoms with Gasteiger partial charge < -0.3 is 34.8 Å². The fraction of sp³-hybridized carbons (Fsp3) is 0.750. The third-order valence-corrected chi connectivity index (χ3v) is 9.01. The topological polar surface area (TPSA) is 132 Å². The van der Waals surface area contributed by atoms with Gasteiger partial charge in [0.25, 0.3) is 0 Å². The van der Waals surface area contributed by atoms with E-state index >= 15 is 0 Å². The highest BCUT2D eigenvalue weighted by atomic mass is 32.1. The second kappa shape index (κ2) is 12.0. The van der Waals surface area contributed by atoms with E-state index in [-0.39, 0.29) is 55.1 Å². The summed E-state index contributed by atoms with van der Waals surface area (Å²) in [5.74, 6) is -0.409. The molecule has 7 atom stereocenters. The van der Waals surface area contributed by atoms with E-state index in [4.69, 9.17) is 9.47 Å². The number of thiophene rings is 1. The van der Waals surface area contributed by atoms with Crippen molar-refractivity contribution in [2.24, 2.45) is 5.41 Å². The molecule has 1 aromatic rings. The van der Waals surface area contributed by atoms with E-state index in [1.165, 1.54) is 0 Å². The summed E-state index contributed by atoms with van der Waals surface area (Å²) in [4.78, 5) is 47.0. The summed E-state index contributed by atoms with van der Waals surface area (Å²) >= 11 is 1.63. The maximum atomic E-state index is 13.9. The van der Waals surface area contributed by atoms with Gasteiger partial charge in [-0.25, -0.2) is 0 Å². The van der Waals surface area contributed by atoms with Gasteiger partial charge in [0.05, 0.1) is 31.3 Å². The molecule has 0 saturated carbocycles. The van der Waals surface area contributed by atoms with Crippen LogP contribution in [0.25, 0.3) is 0 Å². The first-order valence-corrected chi connectivity index (χ1v) is 15.1. The van der Waals surface area contributed by atoms with Gasteiger partial charge in [-0.1, -0.05) is 26.8 Å². The molecule has 40 heavy (non-hydrogen) atoms. The van der Waals surface area contributed by atoms with Crippen LogP contribution in [-0.4, -0.2) is 125 Å². The molecule has 0 aromatic carbocycles. The number of ether oxygens (including phenoxy) is 2. The van der Waals surface area contributed by atoms with E-state index < -0.39 is 36.6 Å². The molecule has 0 spiro atoms. The Kier molecular flexibility index (Phi) is 8.84. The second-order valence-corrected chi connectivity index (χ2v) is 13.8. The van der Waals surface area contributed by atoms with Gasteiger partial charge in [0.1, 0.15) is 18.3 Å². The SMILES string of the molecule is CC(C)(C)CC(=O)N1C[C@@H]2CN(CCO2)C(=O)[C@@H]2C[C@@H](CN2Cc2cccs2)NC(=O)C[C@@H]2O[C@H](C1)[C@@H](O)[C@H]2O. The van der Waals surface area contributed by atoms with Gasteiger partial charge in [-0.05, 0) is 23.3 Å². The van der Waals surface area contributed by atoms with Gasteiger partial charge in [-0.3, -0.25) is 19.3 Å². The molecular formula is C28H42N4O7S. The molecule has 4 aliphatic rings. The molecule has 12 heteroatoms. The maximum absolute atomic E-state index is 13.9. The third-order valence-electron chi connectivity index (χ3n) is 8.15. The van der Waals surface area contributed by atoms with E-state index in [1.54, 1.807) is 16.2 Å². The zero-order chi connectivity index (χ0) is 28.6. The number of nitrogens with zero attached hydrogens (tertiary/aromatic N) is 3. The lowest BCUT2D eigenvalue weighted by atomic mass is 9.91. The quantitative estimate of drug-likeness (QED) is 0.464. The first-order valence-electron chi connectivity index (χ1n) is 14.2. The molecule has 222 valence electrons. The van der Waals surface area contributed by atoms with Crippen molar-refractivity contribution in [1.29, 1.82) is 0 Å². The van der Waals surface area contributed by atoms with Gasteiger partial charge in [-0.2, -0.15) is 0 Å². The van der Waals surface area contributed by atoms with Gasteiger partial charge in [0.2, 0.25) is 17.7 Å². The number of hydrogen-bond donors (Lipinski definition) is 3. The normalized spacial score (nSPS) is 34.3. The number of carbonyl (C=O) groups is 3. The molecule has 4 fully saturated rings. The van der Waals surface area contributed by atoms with Crippen LogP contribution >= 0.6 is 11.3 Å². The molecule has 4 saturated heterocycles. The zero-order valence-corrected chi connectivity index (χ0v) is 24.3. The number of hydrogen-bond acceptors (Lipinski definition) is 9. The Morgan fingerprint density at radius 3 is 2.62 bits per heavy atom. The molecular weight excluding hydrogens is 536 g/mol. The van der Waals surface area contributed by atoms with Crippen molar-refractivity contribution in [1.82, 2.24) is 20.0 Å². The molecule has 3 amide bonds. The number of carbonyl (C=O) groups excluding carboxylic acids is 3. The molecule has 5 heterocycles. The lowest BCUT2D eigenvalue weighted by Crippen LogP contribution is -2.55. The lowest BCUT2D eigenvalue weighted by molar-refractivity contribution is -0.147. The fourth-order valence-corrected chi connectivity index (χ4v) is 6.93. The predicted octanol–water partition coefficient (Wildman–Crippen LogP) is 0.192. The largest absolute Gasteiger partial charge is 0.388 e. The Morgan fingerprint density at radius 1 is 1.12 bits per heavy atom. The molecule has 0 unspecified atom stereocenters. The molecule has 11 nitrogen and oxygen atoms in total. The Bertz CT molecular complexity index is 1060. The summed E-state index contributed by atoms with van der Waals surface area (Å²) in [7, 11) is 0. The van der Waals surface area contributed by atoms with Gasteiger partial charge >= 0.3 is 0 Å². The summed E-state index contributed by atoms with van der Waals surface area (Å²) in [6, 6.07) is 3.41. The van der Waals surface area contributed by atoms with Crippen LogP contribution in [-0.2, 0) is 30.4 Å². The highest BCUT2D eigenvalue weighted by Gasteiger charge is 2.46. The molecule has 1 aromatic heterocycles. The number of rotatable bonds is 3. The van der Waals surface area contributed by atoms with E-state index in [9.17, 15) is 24.6 Å². The number of fused-ring (bicyclic) bond motifs is 6. The van der Waals surface area contributed by atoms with Crippen LogP contribution in [0, 0.1) is 5.41 Å². The zero-order valence-electron chi connectivity index (χ0n) is 23.5. The fourth-order valence-electron chi connectivity index (χ4n) is 6.20. The standard InChI is InChI=1S/C28H42N4O7S/c1-28(2,3)11-24(34)32-14-18-13-30(6-7-38-18)27(37)20-9-17(12-31(20)15-19-5-4-8-40-19)29-23(33)10-21-25(35)26(36)22(16-32)39-21/h4-5,8,17-18,20-22,25-26,35-36H,6-7,9-16H2,1-3H3,(H,29,33)/t17-,18-,20-,21-,22+,25-,26+/m0/s1. The molecule has 4 aliphatic heterocycles. The van der Waals surface area contributed by atoms with Crippen molar-refractivity contribution in [3.8, 4) is 0 Å².